The van der Waals surface area contributed by atoms with Crippen molar-refractivity contribution >= 4 is 29.9 Å². The van der Waals surface area contributed by atoms with Crippen molar-refractivity contribution in [2.45, 2.75) is 37.4 Å². The third-order valence-electron chi connectivity index (χ3n) is 4.52. The molecular formula is C18H22N4O3S. The van der Waals surface area contributed by atoms with Crippen molar-refractivity contribution in [3.8, 4) is 11.8 Å². The summed E-state index contributed by atoms with van der Waals surface area (Å²) in [7, 11) is 0. The minimum absolute atomic E-state index is 0.0182. The molecule has 1 saturated heterocycles. The van der Waals surface area contributed by atoms with Gasteiger partial charge in [-0.05, 0) is 18.6 Å². The average molecular weight is 374 g/mol. The molecule has 1 aromatic rings. The monoisotopic (exact) mass is 374 g/mol. The van der Waals surface area contributed by atoms with Gasteiger partial charge in [-0.2, -0.15) is 12.6 Å². The number of fused-ring (bicyclic) bond motifs is 1. The van der Waals surface area contributed by atoms with E-state index in [-0.39, 0.29) is 37.2 Å². The van der Waals surface area contributed by atoms with Gasteiger partial charge in [-0.3, -0.25) is 4.79 Å². The minimum atomic E-state index is -0.131. The molecule has 2 aliphatic rings. The predicted molar refractivity (Wildman–Crippen MR) is 101 cm³/mol. The van der Waals surface area contributed by atoms with Crippen LogP contribution in [0.3, 0.4) is 0 Å². The number of nitrogens with two attached hydrogens (primary N) is 1. The quantitative estimate of drug-likeness (QED) is 0.442. The number of hydrogen-bond donors (Lipinski definition) is 4. The summed E-state index contributed by atoms with van der Waals surface area (Å²) in [6.45, 7) is 0.272. The molecule has 1 aliphatic carbocycles. The molecule has 0 aromatic carbocycles. The number of ether oxygens (including phenoxy) is 1. The highest BCUT2D eigenvalue weighted by Gasteiger charge is 2.37. The fraction of sp³-hybridized carbons (Fsp3) is 0.500. The first-order valence-corrected chi connectivity index (χ1v) is 9.22. The lowest BCUT2D eigenvalue weighted by atomic mass is 9.98. The first kappa shape index (κ1) is 18.7. The summed E-state index contributed by atoms with van der Waals surface area (Å²) in [5, 5.41) is 12.0. The summed E-state index contributed by atoms with van der Waals surface area (Å²) < 4.78 is 5.92. The standard InChI is InChI=1S/C18H22N4O3S/c19-18-16-11(2-1-6-20-15(24)5-7-26)8-13(17(16)21-10-22-18)14-4-3-12(9-23)25-14/h8,10,12-14,23,26H,3-7,9H2,(H,20,24)(H2,19,21,22)/t12-,13?,14+/m0/s1. The van der Waals surface area contributed by atoms with Gasteiger partial charge >= 0.3 is 0 Å². The summed E-state index contributed by atoms with van der Waals surface area (Å²) in [6.07, 6.45) is 5.28. The number of allylic oxidation sites excluding steroid dienone is 1. The number of aliphatic hydroxyl groups is 1. The Morgan fingerprint density at radius 1 is 1.46 bits per heavy atom. The normalized spacial score (nSPS) is 23.8. The molecule has 138 valence electrons. The molecule has 1 aliphatic heterocycles. The number of nitrogen functional groups attached to an aromatic ring is 1. The smallest absolute Gasteiger partial charge is 0.221 e. The van der Waals surface area contributed by atoms with Gasteiger partial charge in [0, 0.05) is 17.9 Å². The van der Waals surface area contributed by atoms with E-state index in [2.05, 4.69) is 39.8 Å². The Balaban J connectivity index is 1.77. The number of hydrogen-bond acceptors (Lipinski definition) is 7. The molecule has 1 amide bonds. The van der Waals surface area contributed by atoms with Gasteiger partial charge in [0.15, 0.2) is 0 Å². The number of nitrogens with one attached hydrogen (secondary N) is 1. The number of carbonyl (C=O) groups excluding carboxylic acids is 1. The molecule has 0 radical (unpaired) electrons. The number of aliphatic hydroxyl groups excluding tert-OH is 1. The van der Waals surface area contributed by atoms with E-state index in [1.54, 1.807) is 0 Å². The maximum Gasteiger partial charge on any atom is 0.221 e. The number of nitrogens with zero attached hydrogens (tertiary/aromatic N) is 2. The second-order valence-electron chi connectivity index (χ2n) is 6.23. The Hall–Kier alpha value is -2.08. The lowest BCUT2D eigenvalue weighted by molar-refractivity contribution is -0.120. The van der Waals surface area contributed by atoms with E-state index in [1.165, 1.54) is 6.33 Å². The van der Waals surface area contributed by atoms with E-state index in [1.807, 2.05) is 6.08 Å². The summed E-state index contributed by atoms with van der Waals surface area (Å²) >= 11 is 4.02. The highest BCUT2D eigenvalue weighted by Crippen LogP contribution is 2.42. The van der Waals surface area contributed by atoms with E-state index < -0.39 is 0 Å². The van der Waals surface area contributed by atoms with E-state index in [9.17, 15) is 9.90 Å². The first-order valence-electron chi connectivity index (χ1n) is 8.59. The van der Waals surface area contributed by atoms with Gasteiger partial charge in [0.1, 0.15) is 12.1 Å². The van der Waals surface area contributed by atoms with Crippen molar-refractivity contribution in [3.05, 3.63) is 23.7 Å². The van der Waals surface area contributed by atoms with Crippen LogP contribution >= 0.6 is 12.6 Å². The second kappa shape index (κ2) is 8.54. The fourth-order valence-electron chi connectivity index (χ4n) is 3.28. The highest BCUT2D eigenvalue weighted by molar-refractivity contribution is 7.80. The molecule has 1 fully saturated rings. The van der Waals surface area contributed by atoms with Crippen LogP contribution in [-0.2, 0) is 9.53 Å². The van der Waals surface area contributed by atoms with Crippen LogP contribution in [0.4, 0.5) is 5.82 Å². The third kappa shape index (κ3) is 4.01. The zero-order chi connectivity index (χ0) is 18.5. The molecular weight excluding hydrogens is 352 g/mol. The van der Waals surface area contributed by atoms with Crippen molar-refractivity contribution in [1.82, 2.24) is 15.3 Å². The molecule has 3 atom stereocenters. The molecule has 0 bridgehead atoms. The Morgan fingerprint density at radius 2 is 2.31 bits per heavy atom. The molecule has 7 nitrogen and oxygen atoms in total. The second-order valence-corrected chi connectivity index (χ2v) is 6.68. The van der Waals surface area contributed by atoms with Gasteiger partial charge in [-0.15, -0.1) is 0 Å². The number of rotatable bonds is 5. The van der Waals surface area contributed by atoms with Gasteiger partial charge in [0.2, 0.25) is 5.91 Å². The Morgan fingerprint density at radius 3 is 3.04 bits per heavy atom. The maximum absolute atomic E-state index is 11.5. The topological polar surface area (TPSA) is 110 Å². The summed E-state index contributed by atoms with van der Waals surface area (Å²) in [4.78, 5) is 19.9. The first-order chi connectivity index (χ1) is 12.6. The highest BCUT2D eigenvalue weighted by atomic mass is 32.1. The minimum Gasteiger partial charge on any atom is -0.394 e. The van der Waals surface area contributed by atoms with Crippen LogP contribution in [0.2, 0.25) is 0 Å². The zero-order valence-corrected chi connectivity index (χ0v) is 15.2. The van der Waals surface area contributed by atoms with Crippen LogP contribution < -0.4 is 11.1 Å². The lowest BCUT2D eigenvalue weighted by Crippen LogP contribution is -2.23. The van der Waals surface area contributed by atoms with Crippen molar-refractivity contribution in [2.24, 2.45) is 0 Å². The predicted octanol–water partition coefficient (Wildman–Crippen LogP) is 0.519. The molecule has 1 unspecified atom stereocenters. The van der Waals surface area contributed by atoms with Gasteiger partial charge in [0.25, 0.3) is 0 Å². The Kier molecular flexibility index (Phi) is 6.14. The van der Waals surface area contributed by atoms with E-state index in [0.717, 1.165) is 29.7 Å². The molecule has 4 N–H and O–H groups in total. The summed E-state index contributed by atoms with van der Waals surface area (Å²) in [5.74, 6) is 6.76. The molecule has 8 heteroatoms. The van der Waals surface area contributed by atoms with Crippen molar-refractivity contribution in [1.29, 1.82) is 0 Å². The van der Waals surface area contributed by atoms with Crippen LogP contribution in [0, 0.1) is 11.8 Å². The molecule has 2 heterocycles. The van der Waals surface area contributed by atoms with Crippen LogP contribution in [0.1, 0.15) is 36.4 Å². The van der Waals surface area contributed by atoms with E-state index >= 15 is 0 Å². The molecule has 1 aromatic heterocycles. The number of thiol groups is 1. The Labute approximate surface area is 157 Å². The summed E-state index contributed by atoms with van der Waals surface area (Å²) in [6, 6.07) is 0. The van der Waals surface area contributed by atoms with Crippen LogP contribution in [0.15, 0.2) is 12.4 Å². The van der Waals surface area contributed by atoms with Crippen LogP contribution in [0.25, 0.3) is 5.57 Å². The molecule has 3 rings (SSSR count). The molecule has 26 heavy (non-hydrogen) atoms. The van der Waals surface area contributed by atoms with Crippen LogP contribution in [-0.4, -0.2) is 52.1 Å². The van der Waals surface area contributed by atoms with Gasteiger partial charge in [0.05, 0.1) is 36.6 Å². The molecule has 0 saturated carbocycles. The zero-order valence-electron chi connectivity index (χ0n) is 14.3. The molecule has 0 spiro atoms. The van der Waals surface area contributed by atoms with Crippen LogP contribution in [0.5, 0.6) is 0 Å². The SMILES string of the molecule is Nc1ncnc2c1C(C#CCNC(=O)CCS)=CC2[C@H]1CC[C@@H](CO)O1. The van der Waals surface area contributed by atoms with E-state index in [4.69, 9.17) is 10.5 Å². The lowest BCUT2D eigenvalue weighted by Gasteiger charge is -2.18. The van der Waals surface area contributed by atoms with Gasteiger partial charge in [-0.25, -0.2) is 9.97 Å². The Bertz CT molecular complexity index is 771. The van der Waals surface area contributed by atoms with Crippen molar-refractivity contribution in [2.75, 3.05) is 24.6 Å². The van der Waals surface area contributed by atoms with Crippen molar-refractivity contribution in [3.63, 3.8) is 0 Å². The number of aromatic nitrogens is 2. The summed E-state index contributed by atoms with van der Waals surface area (Å²) in [5.41, 5.74) is 8.35. The number of amides is 1. The maximum atomic E-state index is 11.5. The third-order valence-corrected chi connectivity index (χ3v) is 4.74. The largest absolute Gasteiger partial charge is 0.394 e. The average Bonchev–Trinajstić information content (AvgIpc) is 3.24. The van der Waals surface area contributed by atoms with Crippen molar-refractivity contribution < 1.29 is 14.6 Å². The van der Waals surface area contributed by atoms with Gasteiger partial charge in [-0.1, -0.05) is 17.9 Å². The fourth-order valence-corrected chi connectivity index (χ4v) is 3.48. The van der Waals surface area contributed by atoms with E-state index in [0.29, 0.717) is 18.0 Å². The van der Waals surface area contributed by atoms with Gasteiger partial charge < -0.3 is 20.9 Å². The number of carbonyl (C=O) groups is 1. The number of anilines is 1.